The van der Waals surface area contributed by atoms with Gasteiger partial charge >= 0.3 is 5.97 Å². The van der Waals surface area contributed by atoms with Gasteiger partial charge in [-0.25, -0.2) is 4.79 Å². The zero-order valence-corrected chi connectivity index (χ0v) is 20.8. The van der Waals surface area contributed by atoms with E-state index in [1.807, 2.05) is 0 Å². The average Bonchev–Trinajstić information content (AvgIpc) is 3.35. The Morgan fingerprint density at radius 1 is 0.914 bits per heavy atom. The molecule has 0 unspecified atom stereocenters. The van der Waals surface area contributed by atoms with Gasteiger partial charge in [0.05, 0.1) is 38.6 Å². The summed E-state index contributed by atoms with van der Waals surface area (Å²) in [5, 5.41) is 10.3. The predicted octanol–water partition coefficient (Wildman–Crippen LogP) is 5.41. The summed E-state index contributed by atoms with van der Waals surface area (Å²) in [4.78, 5) is 26.6. The number of methoxy groups -OCH3 is 3. The van der Waals surface area contributed by atoms with Crippen molar-refractivity contribution in [3.05, 3.63) is 47.0 Å². The SMILES string of the molecule is COc1cc(C(=O)/C(CC2CCCCC2)=C(/C(=O)O)c2ccc3nsnc3c2)cc(OC)c1OC. The molecule has 9 heteroatoms. The van der Waals surface area contributed by atoms with Crippen LogP contribution in [-0.4, -0.2) is 46.9 Å². The molecule has 35 heavy (non-hydrogen) atoms. The van der Waals surface area contributed by atoms with E-state index in [-0.39, 0.29) is 28.4 Å². The number of carboxylic acid groups (broad SMARTS) is 1. The molecule has 0 aliphatic heterocycles. The maximum absolute atomic E-state index is 14.0. The Kier molecular flexibility index (Phi) is 7.65. The predicted molar refractivity (Wildman–Crippen MR) is 134 cm³/mol. The second-order valence-corrected chi connectivity index (χ2v) is 9.11. The molecule has 0 radical (unpaired) electrons. The van der Waals surface area contributed by atoms with E-state index in [0.717, 1.165) is 43.8 Å². The Balaban J connectivity index is 1.89. The summed E-state index contributed by atoms with van der Waals surface area (Å²) in [5.74, 6) is -0.256. The molecule has 4 rings (SSSR count). The van der Waals surface area contributed by atoms with E-state index < -0.39 is 5.97 Å². The lowest BCUT2D eigenvalue weighted by Gasteiger charge is -2.24. The van der Waals surface area contributed by atoms with Gasteiger partial charge in [0, 0.05) is 11.1 Å². The number of benzene rings is 2. The van der Waals surface area contributed by atoms with Crippen LogP contribution in [0.4, 0.5) is 0 Å². The van der Waals surface area contributed by atoms with Crippen molar-refractivity contribution in [1.82, 2.24) is 8.75 Å². The minimum absolute atomic E-state index is 0.00998. The topological polar surface area (TPSA) is 108 Å². The highest BCUT2D eigenvalue weighted by Crippen LogP contribution is 2.40. The summed E-state index contributed by atoms with van der Waals surface area (Å²) >= 11 is 1.06. The van der Waals surface area contributed by atoms with Gasteiger partial charge in [-0.05, 0) is 42.2 Å². The highest BCUT2D eigenvalue weighted by molar-refractivity contribution is 7.00. The fourth-order valence-corrected chi connectivity index (χ4v) is 5.26. The Morgan fingerprint density at radius 3 is 2.17 bits per heavy atom. The molecule has 1 N–H and O–H groups in total. The number of carboxylic acids is 1. The first-order valence-electron chi connectivity index (χ1n) is 11.5. The molecule has 0 bridgehead atoms. The first-order chi connectivity index (χ1) is 17.0. The quantitative estimate of drug-likeness (QED) is 0.310. The van der Waals surface area contributed by atoms with Crippen LogP contribution in [0, 0.1) is 5.92 Å². The molecule has 1 heterocycles. The molecular formula is C26H28N2O6S. The van der Waals surface area contributed by atoms with Crippen molar-refractivity contribution in [2.24, 2.45) is 5.92 Å². The van der Waals surface area contributed by atoms with Crippen LogP contribution < -0.4 is 14.2 Å². The molecule has 1 aromatic heterocycles. The number of carbonyl (C=O) groups is 2. The number of ether oxygens (including phenoxy) is 3. The highest BCUT2D eigenvalue weighted by atomic mass is 32.1. The van der Waals surface area contributed by atoms with Crippen LogP contribution in [0.5, 0.6) is 17.2 Å². The summed E-state index contributed by atoms with van der Waals surface area (Å²) in [7, 11) is 4.44. The maximum Gasteiger partial charge on any atom is 0.336 e. The largest absolute Gasteiger partial charge is 0.493 e. The number of Topliss-reactive ketones (excluding diaryl/α,β-unsaturated/α-hetero) is 1. The molecule has 0 saturated heterocycles. The molecule has 1 aliphatic rings. The van der Waals surface area contributed by atoms with E-state index in [1.165, 1.54) is 21.3 Å². The number of nitrogens with zero attached hydrogens (tertiary/aromatic N) is 2. The minimum atomic E-state index is -1.15. The van der Waals surface area contributed by atoms with Crippen molar-refractivity contribution < 1.29 is 28.9 Å². The summed E-state index contributed by atoms with van der Waals surface area (Å²) in [5.41, 5.74) is 2.26. The van der Waals surface area contributed by atoms with Gasteiger partial charge in [0.2, 0.25) is 5.75 Å². The zero-order valence-electron chi connectivity index (χ0n) is 20.0. The summed E-state index contributed by atoms with van der Waals surface area (Å²) < 4.78 is 24.7. The Hall–Kier alpha value is -3.46. The molecule has 0 amide bonds. The van der Waals surface area contributed by atoms with Crippen molar-refractivity contribution >= 4 is 40.1 Å². The van der Waals surface area contributed by atoms with E-state index in [4.69, 9.17) is 14.2 Å². The molecule has 8 nitrogen and oxygen atoms in total. The number of hydrogen-bond acceptors (Lipinski definition) is 8. The van der Waals surface area contributed by atoms with Crippen LogP contribution in [0.3, 0.4) is 0 Å². The van der Waals surface area contributed by atoms with Gasteiger partial charge in [-0.1, -0.05) is 38.2 Å². The fraction of sp³-hybridized carbons (Fsp3) is 0.385. The molecule has 3 aromatic rings. The third-order valence-electron chi connectivity index (χ3n) is 6.48. The molecule has 2 aromatic carbocycles. The number of aliphatic carboxylic acids is 1. The summed E-state index contributed by atoms with van der Waals surface area (Å²) in [6, 6.07) is 8.25. The monoisotopic (exact) mass is 496 g/mol. The maximum atomic E-state index is 14.0. The number of rotatable bonds is 9. The van der Waals surface area contributed by atoms with Crippen molar-refractivity contribution in [3.63, 3.8) is 0 Å². The first-order valence-corrected chi connectivity index (χ1v) is 12.2. The second kappa shape index (κ2) is 10.9. The van der Waals surface area contributed by atoms with Gasteiger partial charge in [-0.15, -0.1) is 0 Å². The lowest BCUT2D eigenvalue weighted by atomic mass is 9.80. The van der Waals surface area contributed by atoms with Gasteiger partial charge in [0.1, 0.15) is 11.0 Å². The normalized spacial score (nSPS) is 14.9. The van der Waals surface area contributed by atoms with Gasteiger partial charge in [0.15, 0.2) is 17.3 Å². The number of allylic oxidation sites excluding steroid dienone is 1. The number of carbonyl (C=O) groups excluding carboxylic acids is 1. The summed E-state index contributed by atoms with van der Waals surface area (Å²) in [6.07, 6.45) is 5.63. The van der Waals surface area contributed by atoms with Gasteiger partial charge in [-0.3, -0.25) is 4.79 Å². The van der Waals surface area contributed by atoms with E-state index in [2.05, 4.69) is 8.75 Å². The molecule has 1 fully saturated rings. The third kappa shape index (κ3) is 5.14. The number of hydrogen-bond donors (Lipinski definition) is 1. The van der Waals surface area contributed by atoms with Crippen LogP contribution in [0.15, 0.2) is 35.9 Å². The van der Waals surface area contributed by atoms with Gasteiger partial charge in [0.25, 0.3) is 0 Å². The van der Waals surface area contributed by atoms with Crippen LogP contribution in [-0.2, 0) is 4.79 Å². The smallest absolute Gasteiger partial charge is 0.336 e. The summed E-state index contributed by atoms with van der Waals surface area (Å²) in [6.45, 7) is 0. The van der Waals surface area contributed by atoms with Crippen LogP contribution in [0.2, 0.25) is 0 Å². The van der Waals surface area contributed by atoms with Crippen molar-refractivity contribution in [2.45, 2.75) is 38.5 Å². The average molecular weight is 497 g/mol. The van der Waals surface area contributed by atoms with Crippen molar-refractivity contribution in [1.29, 1.82) is 0 Å². The molecule has 1 aliphatic carbocycles. The van der Waals surface area contributed by atoms with Crippen LogP contribution in [0.25, 0.3) is 16.6 Å². The molecule has 0 atom stereocenters. The van der Waals surface area contributed by atoms with Crippen molar-refractivity contribution in [2.75, 3.05) is 21.3 Å². The Morgan fingerprint density at radius 2 is 1.57 bits per heavy atom. The molecule has 1 saturated carbocycles. The lowest BCUT2D eigenvalue weighted by molar-refractivity contribution is -0.130. The zero-order chi connectivity index (χ0) is 24.9. The van der Waals surface area contributed by atoms with Gasteiger partial charge in [-0.2, -0.15) is 8.75 Å². The van der Waals surface area contributed by atoms with Gasteiger partial charge < -0.3 is 19.3 Å². The lowest BCUT2D eigenvalue weighted by Crippen LogP contribution is -2.17. The standard InChI is InChI=1S/C26H28N2O6S/c1-32-21-13-17(14-22(33-2)25(21)34-3)24(29)18(11-15-7-5-4-6-8-15)23(26(30)31)16-9-10-19-20(12-16)28-35-27-19/h9-10,12-15H,4-8,11H2,1-3H3,(H,30,31)/b23-18+. The second-order valence-electron chi connectivity index (χ2n) is 8.58. The molecular weight excluding hydrogens is 468 g/mol. The van der Waals surface area contributed by atoms with Crippen LogP contribution in [0.1, 0.15) is 54.4 Å². The Labute approximate surface area is 207 Å². The number of ketones is 1. The molecule has 0 spiro atoms. The van der Waals surface area contributed by atoms with E-state index >= 15 is 0 Å². The number of aromatic nitrogens is 2. The van der Waals surface area contributed by atoms with E-state index in [1.54, 1.807) is 30.3 Å². The first kappa shape index (κ1) is 24.7. The number of fused-ring (bicyclic) bond motifs is 1. The third-order valence-corrected chi connectivity index (χ3v) is 7.03. The fourth-order valence-electron chi connectivity index (χ4n) is 4.74. The van der Waals surface area contributed by atoms with Crippen molar-refractivity contribution in [3.8, 4) is 17.2 Å². The highest BCUT2D eigenvalue weighted by Gasteiger charge is 2.28. The molecule has 184 valence electrons. The Bertz CT molecular complexity index is 1250. The minimum Gasteiger partial charge on any atom is -0.493 e. The van der Waals surface area contributed by atoms with Crippen LogP contribution >= 0.6 is 11.7 Å². The van der Waals surface area contributed by atoms with E-state index in [9.17, 15) is 14.7 Å². The van der Waals surface area contributed by atoms with E-state index in [0.29, 0.717) is 40.3 Å².